The lowest BCUT2D eigenvalue weighted by Gasteiger charge is -2.20. The van der Waals surface area contributed by atoms with Crippen molar-refractivity contribution in [2.45, 2.75) is 6.42 Å². The molecule has 1 aromatic heterocycles. The molecule has 1 aromatic rings. The lowest BCUT2D eigenvalue weighted by atomic mass is 10.2. The van der Waals surface area contributed by atoms with Gasteiger partial charge in [0.25, 0.3) is 0 Å². The number of carboxylic acid groups (broad SMARTS) is 1. The number of nitrogens with zero attached hydrogens (tertiary/aromatic N) is 3. The van der Waals surface area contributed by atoms with Gasteiger partial charge in [-0.2, -0.15) is 0 Å². The van der Waals surface area contributed by atoms with Gasteiger partial charge < -0.3 is 14.9 Å². The third-order valence-corrected chi connectivity index (χ3v) is 2.56. The van der Waals surface area contributed by atoms with Crippen LogP contribution in [0.4, 0.5) is 10.2 Å². The van der Waals surface area contributed by atoms with Gasteiger partial charge in [-0.1, -0.05) is 0 Å². The highest BCUT2D eigenvalue weighted by Crippen LogP contribution is 2.18. The number of aromatic carboxylic acids is 1. The van der Waals surface area contributed by atoms with E-state index in [0.29, 0.717) is 6.54 Å². The Morgan fingerprint density at radius 2 is 2.06 bits per heavy atom. The molecule has 0 aromatic carbocycles. The first kappa shape index (κ1) is 14.4. The molecule has 1 rings (SSSR count). The molecular weight excluding hydrogens is 237 g/mol. The number of halogens is 1. The van der Waals surface area contributed by atoms with Gasteiger partial charge in [0.15, 0.2) is 11.6 Å². The van der Waals surface area contributed by atoms with Gasteiger partial charge in [-0.25, -0.2) is 14.2 Å². The Bertz CT molecular complexity index is 424. The smallest absolute Gasteiger partial charge is 0.338 e. The third-order valence-electron chi connectivity index (χ3n) is 2.56. The fraction of sp³-hybridized carbons (Fsp3) is 0.500. The van der Waals surface area contributed by atoms with Crippen LogP contribution in [0.1, 0.15) is 16.8 Å². The van der Waals surface area contributed by atoms with Gasteiger partial charge in [-0.3, -0.25) is 0 Å². The molecule has 5 nitrogen and oxygen atoms in total. The highest BCUT2D eigenvalue weighted by atomic mass is 19.1. The standard InChI is InChI=1S/C12H18FN3O2/c1-15(2)7-4-8-16(3)11-10(13)9(12(17)18)5-6-14-11/h5-6H,4,7-8H2,1-3H3,(H,17,18). The van der Waals surface area contributed by atoms with Crippen LogP contribution in [0.15, 0.2) is 12.3 Å². The monoisotopic (exact) mass is 255 g/mol. The van der Waals surface area contributed by atoms with Gasteiger partial charge in [0.1, 0.15) is 5.56 Å². The molecule has 1 heterocycles. The molecule has 6 heteroatoms. The van der Waals surface area contributed by atoms with E-state index in [1.165, 1.54) is 6.20 Å². The second-order valence-corrected chi connectivity index (χ2v) is 4.38. The van der Waals surface area contributed by atoms with Gasteiger partial charge in [-0.15, -0.1) is 0 Å². The predicted octanol–water partition coefficient (Wildman–Crippen LogP) is 1.31. The molecule has 0 aliphatic heterocycles. The van der Waals surface area contributed by atoms with Crippen LogP contribution < -0.4 is 4.90 Å². The molecule has 0 aliphatic rings. The lowest BCUT2D eigenvalue weighted by Crippen LogP contribution is -2.25. The Balaban J connectivity index is 2.76. The molecule has 18 heavy (non-hydrogen) atoms. The Hall–Kier alpha value is -1.69. The van der Waals surface area contributed by atoms with Crippen molar-refractivity contribution >= 4 is 11.8 Å². The summed E-state index contributed by atoms with van der Waals surface area (Å²) in [5, 5.41) is 8.83. The van der Waals surface area contributed by atoms with Gasteiger partial charge >= 0.3 is 5.97 Å². The van der Waals surface area contributed by atoms with Crippen LogP contribution >= 0.6 is 0 Å². The predicted molar refractivity (Wildman–Crippen MR) is 67.6 cm³/mol. The average Bonchev–Trinajstić information content (AvgIpc) is 2.28. The summed E-state index contributed by atoms with van der Waals surface area (Å²) in [5.41, 5.74) is -0.348. The van der Waals surface area contributed by atoms with Crippen LogP contribution in [0, 0.1) is 5.82 Å². The van der Waals surface area contributed by atoms with Gasteiger partial charge in [0.05, 0.1) is 0 Å². The largest absolute Gasteiger partial charge is 0.478 e. The van der Waals surface area contributed by atoms with E-state index in [1.807, 2.05) is 19.0 Å². The van der Waals surface area contributed by atoms with Crippen molar-refractivity contribution in [3.63, 3.8) is 0 Å². The highest BCUT2D eigenvalue weighted by Gasteiger charge is 2.17. The van der Waals surface area contributed by atoms with Crippen molar-refractivity contribution in [3.8, 4) is 0 Å². The van der Waals surface area contributed by atoms with Gasteiger partial charge in [0.2, 0.25) is 0 Å². The molecule has 0 spiro atoms. The fourth-order valence-electron chi connectivity index (χ4n) is 1.59. The molecule has 1 N–H and O–H groups in total. The van der Waals surface area contributed by atoms with E-state index in [1.54, 1.807) is 11.9 Å². The minimum absolute atomic E-state index is 0.0775. The second-order valence-electron chi connectivity index (χ2n) is 4.38. The van der Waals surface area contributed by atoms with E-state index in [4.69, 9.17) is 5.11 Å². The number of hydrogen-bond donors (Lipinski definition) is 1. The Labute approximate surface area is 106 Å². The van der Waals surface area contributed by atoms with Gasteiger partial charge in [0, 0.05) is 19.8 Å². The van der Waals surface area contributed by atoms with Crippen LogP contribution in [-0.4, -0.2) is 55.2 Å². The topological polar surface area (TPSA) is 56.7 Å². The van der Waals surface area contributed by atoms with E-state index in [-0.39, 0.29) is 11.4 Å². The maximum absolute atomic E-state index is 13.9. The minimum atomic E-state index is -1.28. The van der Waals surface area contributed by atoms with Crippen LogP contribution in [0.5, 0.6) is 0 Å². The summed E-state index contributed by atoms with van der Waals surface area (Å²) in [7, 11) is 5.63. The summed E-state index contributed by atoms with van der Waals surface area (Å²) in [6.45, 7) is 1.50. The SMILES string of the molecule is CN(C)CCCN(C)c1nccc(C(=O)O)c1F. The van der Waals surface area contributed by atoms with E-state index in [9.17, 15) is 9.18 Å². The van der Waals surface area contributed by atoms with Crippen LogP contribution in [0.2, 0.25) is 0 Å². The minimum Gasteiger partial charge on any atom is -0.478 e. The molecule has 0 aliphatic carbocycles. The zero-order valence-corrected chi connectivity index (χ0v) is 10.9. The van der Waals surface area contributed by atoms with Crippen molar-refractivity contribution < 1.29 is 14.3 Å². The molecule has 0 unspecified atom stereocenters. The molecule has 0 radical (unpaired) electrons. The fourth-order valence-corrected chi connectivity index (χ4v) is 1.59. The van der Waals surface area contributed by atoms with Crippen LogP contribution in [-0.2, 0) is 0 Å². The Kier molecular flexibility index (Phi) is 5.03. The number of carbonyl (C=O) groups is 1. The number of pyridine rings is 1. The first-order valence-electron chi connectivity index (χ1n) is 5.67. The quantitative estimate of drug-likeness (QED) is 0.830. The Morgan fingerprint density at radius 1 is 1.39 bits per heavy atom. The first-order valence-corrected chi connectivity index (χ1v) is 5.67. The van der Waals surface area contributed by atoms with Crippen molar-refractivity contribution in [2.24, 2.45) is 0 Å². The van der Waals surface area contributed by atoms with Crippen LogP contribution in [0.3, 0.4) is 0 Å². The zero-order chi connectivity index (χ0) is 13.7. The average molecular weight is 255 g/mol. The van der Waals surface area contributed by atoms with Crippen molar-refractivity contribution in [2.75, 3.05) is 39.1 Å². The van der Waals surface area contributed by atoms with Crippen molar-refractivity contribution in [3.05, 3.63) is 23.6 Å². The molecule has 0 atom stereocenters. The number of rotatable bonds is 6. The summed E-state index contributed by atoms with van der Waals surface area (Å²) < 4.78 is 13.9. The molecule has 100 valence electrons. The first-order chi connectivity index (χ1) is 8.43. The van der Waals surface area contributed by atoms with E-state index >= 15 is 0 Å². The Morgan fingerprint density at radius 3 is 2.61 bits per heavy atom. The number of aromatic nitrogens is 1. The van der Waals surface area contributed by atoms with Gasteiger partial charge in [-0.05, 0) is 33.1 Å². The zero-order valence-electron chi connectivity index (χ0n) is 10.9. The lowest BCUT2D eigenvalue weighted by molar-refractivity contribution is 0.0692. The molecule has 0 fully saturated rings. The third kappa shape index (κ3) is 3.66. The molecule has 0 saturated carbocycles. The van der Waals surface area contributed by atoms with E-state index < -0.39 is 11.8 Å². The van der Waals surface area contributed by atoms with Crippen molar-refractivity contribution in [1.29, 1.82) is 0 Å². The summed E-state index contributed by atoms with van der Waals surface area (Å²) in [6.07, 6.45) is 2.16. The maximum atomic E-state index is 13.9. The molecule has 0 amide bonds. The van der Waals surface area contributed by atoms with Crippen LogP contribution in [0.25, 0.3) is 0 Å². The number of anilines is 1. The van der Waals surface area contributed by atoms with E-state index in [2.05, 4.69) is 4.98 Å². The molecule has 0 saturated heterocycles. The normalized spacial score (nSPS) is 10.7. The summed E-state index contributed by atoms with van der Waals surface area (Å²) in [6, 6.07) is 1.16. The summed E-state index contributed by atoms with van der Waals surface area (Å²) in [4.78, 5) is 18.4. The molecule has 0 bridgehead atoms. The maximum Gasteiger partial charge on any atom is 0.338 e. The highest BCUT2D eigenvalue weighted by molar-refractivity contribution is 5.88. The summed E-state index contributed by atoms with van der Waals surface area (Å²) >= 11 is 0. The van der Waals surface area contributed by atoms with Crippen molar-refractivity contribution in [1.82, 2.24) is 9.88 Å². The number of hydrogen-bond acceptors (Lipinski definition) is 4. The van der Waals surface area contributed by atoms with E-state index in [0.717, 1.165) is 19.0 Å². The number of carboxylic acids is 1. The molecular formula is C12H18FN3O2. The summed E-state index contributed by atoms with van der Waals surface area (Å²) in [5.74, 6) is -1.98. The second kappa shape index (κ2) is 6.30.